The van der Waals surface area contributed by atoms with Crippen LogP contribution in [0, 0.1) is 0 Å². The van der Waals surface area contributed by atoms with Crippen LogP contribution in [-0.2, 0) is 0 Å². The molecule has 78 valence electrons. The maximum atomic E-state index is 5.85. The van der Waals surface area contributed by atoms with Crippen molar-refractivity contribution in [1.29, 1.82) is 0 Å². The molecule has 1 saturated heterocycles. The van der Waals surface area contributed by atoms with E-state index in [0.29, 0.717) is 0 Å². The van der Waals surface area contributed by atoms with Crippen molar-refractivity contribution in [3.8, 4) is 0 Å². The maximum Gasteiger partial charge on any atom is 0.130 e. The van der Waals surface area contributed by atoms with E-state index in [1.54, 1.807) is 0 Å². The zero-order valence-corrected chi connectivity index (χ0v) is 9.13. The van der Waals surface area contributed by atoms with Crippen LogP contribution in [0.2, 0.25) is 0 Å². The number of nitrogens with zero attached hydrogens (tertiary/aromatic N) is 3. The van der Waals surface area contributed by atoms with Crippen LogP contribution in [0.15, 0.2) is 12.1 Å². The van der Waals surface area contributed by atoms with Gasteiger partial charge in [-0.3, -0.25) is 0 Å². The molecule has 1 aliphatic rings. The minimum Gasteiger partial charge on any atom is -0.397 e. The van der Waals surface area contributed by atoms with Gasteiger partial charge >= 0.3 is 0 Å². The highest BCUT2D eigenvalue weighted by Crippen LogP contribution is 2.31. The summed E-state index contributed by atoms with van der Waals surface area (Å²) in [5.41, 5.74) is 9.57. The molecule has 5 heteroatoms. The summed E-state index contributed by atoms with van der Waals surface area (Å²) in [6, 6.07) is 3.99. The average molecular weight is 220 g/mol. The summed E-state index contributed by atoms with van der Waals surface area (Å²) in [5.74, 6) is 0. The van der Waals surface area contributed by atoms with Crippen molar-refractivity contribution in [2.45, 2.75) is 12.8 Å². The lowest BCUT2D eigenvalue weighted by Crippen LogP contribution is -2.17. The monoisotopic (exact) mass is 220 g/mol. The average Bonchev–Trinajstić information content (AvgIpc) is 2.88. The first-order valence-electron chi connectivity index (χ1n) is 5.12. The number of fused-ring (bicyclic) bond motifs is 1. The largest absolute Gasteiger partial charge is 0.397 e. The lowest BCUT2D eigenvalue weighted by Gasteiger charge is -2.17. The van der Waals surface area contributed by atoms with E-state index in [2.05, 4.69) is 19.7 Å². The molecule has 0 saturated carbocycles. The summed E-state index contributed by atoms with van der Waals surface area (Å²) in [4.78, 5) is 2.36. The molecule has 1 aromatic heterocycles. The van der Waals surface area contributed by atoms with E-state index < -0.39 is 0 Å². The van der Waals surface area contributed by atoms with Crippen molar-refractivity contribution in [2.75, 3.05) is 23.7 Å². The van der Waals surface area contributed by atoms with E-state index in [4.69, 9.17) is 5.73 Å². The Hall–Kier alpha value is -1.36. The molecule has 1 aliphatic heterocycles. The fraction of sp³-hybridized carbons (Fsp3) is 0.400. The summed E-state index contributed by atoms with van der Waals surface area (Å²) >= 11 is 1.23. The van der Waals surface area contributed by atoms with E-state index in [-0.39, 0.29) is 0 Å². The molecule has 15 heavy (non-hydrogen) atoms. The quantitative estimate of drug-likeness (QED) is 0.745. The minimum absolute atomic E-state index is 0.724. The number of hydrogen-bond acceptors (Lipinski definition) is 5. The number of rotatable bonds is 1. The maximum absolute atomic E-state index is 5.85. The zero-order chi connectivity index (χ0) is 10.3. The van der Waals surface area contributed by atoms with Gasteiger partial charge in [-0.25, -0.2) is 0 Å². The van der Waals surface area contributed by atoms with Crippen molar-refractivity contribution >= 4 is 34.1 Å². The Bertz CT molecular complexity index is 487. The van der Waals surface area contributed by atoms with Gasteiger partial charge in [-0.15, -0.1) is 0 Å². The summed E-state index contributed by atoms with van der Waals surface area (Å²) in [6.07, 6.45) is 2.53. The standard InChI is InChI=1S/C10H12N4S/c11-7-3-4-8(14-5-1-2-6-14)10-9(7)12-15-13-10/h3-4H,1-2,5-6,11H2. The van der Waals surface area contributed by atoms with Gasteiger partial charge in [0.1, 0.15) is 11.0 Å². The molecule has 1 fully saturated rings. The van der Waals surface area contributed by atoms with Gasteiger partial charge in [0.2, 0.25) is 0 Å². The first-order chi connectivity index (χ1) is 7.36. The molecule has 0 atom stereocenters. The van der Waals surface area contributed by atoms with Crippen LogP contribution in [-0.4, -0.2) is 21.8 Å². The molecular formula is C10H12N4S. The van der Waals surface area contributed by atoms with Gasteiger partial charge < -0.3 is 10.6 Å². The van der Waals surface area contributed by atoms with Crippen molar-refractivity contribution in [3.63, 3.8) is 0 Å². The van der Waals surface area contributed by atoms with Gasteiger partial charge in [0.05, 0.1) is 23.1 Å². The molecule has 2 heterocycles. The van der Waals surface area contributed by atoms with Crippen LogP contribution in [0.3, 0.4) is 0 Å². The zero-order valence-electron chi connectivity index (χ0n) is 8.31. The summed E-state index contributed by atoms with van der Waals surface area (Å²) in [5, 5.41) is 0. The van der Waals surface area contributed by atoms with Crippen LogP contribution < -0.4 is 10.6 Å². The number of benzene rings is 1. The first-order valence-corrected chi connectivity index (χ1v) is 5.85. The van der Waals surface area contributed by atoms with Crippen molar-refractivity contribution in [2.24, 2.45) is 0 Å². The smallest absolute Gasteiger partial charge is 0.130 e. The molecule has 0 aliphatic carbocycles. The Morgan fingerprint density at radius 1 is 1.13 bits per heavy atom. The molecular weight excluding hydrogens is 208 g/mol. The van der Waals surface area contributed by atoms with Gasteiger partial charge in [0, 0.05) is 13.1 Å². The number of anilines is 2. The van der Waals surface area contributed by atoms with Gasteiger partial charge in [0.15, 0.2) is 0 Å². The summed E-state index contributed by atoms with van der Waals surface area (Å²) in [7, 11) is 0. The summed E-state index contributed by atoms with van der Waals surface area (Å²) in [6.45, 7) is 2.24. The van der Waals surface area contributed by atoms with E-state index in [1.165, 1.54) is 30.3 Å². The van der Waals surface area contributed by atoms with Crippen LogP contribution in [0.5, 0.6) is 0 Å². The molecule has 1 aromatic carbocycles. The lowest BCUT2D eigenvalue weighted by atomic mass is 10.2. The summed E-state index contributed by atoms with van der Waals surface area (Å²) < 4.78 is 8.56. The molecule has 4 nitrogen and oxygen atoms in total. The van der Waals surface area contributed by atoms with Crippen LogP contribution in [0.1, 0.15) is 12.8 Å². The topological polar surface area (TPSA) is 55.0 Å². The normalized spacial score (nSPS) is 16.4. The number of nitrogen functional groups attached to an aromatic ring is 1. The molecule has 3 rings (SSSR count). The highest BCUT2D eigenvalue weighted by Gasteiger charge is 2.17. The fourth-order valence-electron chi connectivity index (χ4n) is 2.09. The molecule has 0 radical (unpaired) electrons. The van der Waals surface area contributed by atoms with E-state index >= 15 is 0 Å². The van der Waals surface area contributed by atoms with Crippen LogP contribution in [0.25, 0.3) is 11.0 Å². The van der Waals surface area contributed by atoms with Crippen molar-refractivity contribution in [1.82, 2.24) is 8.75 Å². The van der Waals surface area contributed by atoms with E-state index in [0.717, 1.165) is 29.8 Å². The van der Waals surface area contributed by atoms with Crippen LogP contribution >= 0.6 is 11.7 Å². The van der Waals surface area contributed by atoms with Gasteiger partial charge in [-0.05, 0) is 25.0 Å². The predicted octanol–water partition coefficient (Wildman–Crippen LogP) is 1.87. The third kappa shape index (κ3) is 1.34. The molecule has 2 aromatic rings. The second-order valence-electron chi connectivity index (χ2n) is 3.83. The van der Waals surface area contributed by atoms with E-state index in [1.807, 2.05) is 6.07 Å². The van der Waals surface area contributed by atoms with Crippen molar-refractivity contribution in [3.05, 3.63) is 12.1 Å². The third-order valence-corrected chi connectivity index (χ3v) is 3.40. The Labute approximate surface area is 92.0 Å². The Morgan fingerprint density at radius 2 is 1.87 bits per heavy atom. The molecule has 0 spiro atoms. The number of hydrogen-bond donors (Lipinski definition) is 1. The van der Waals surface area contributed by atoms with Gasteiger partial charge in [-0.1, -0.05) is 0 Å². The minimum atomic E-state index is 0.724. The molecule has 0 bridgehead atoms. The molecule has 0 amide bonds. The molecule has 2 N–H and O–H groups in total. The van der Waals surface area contributed by atoms with Gasteiger partial charge in [0.25, 0.3) is 0 Å². The Morgan fingerprint density at radius 3 is 2.67 bits per heavy atom. The second kappa shape index (κ2) is 3.34. The second-order valence-corrected chi connectivity index (χ2v) is 4.36. The SMILES string of the molecule is Nc1ccc(N2CCCC2)c2nsnc12. The van der Waals surface area contributed by atoms with Gasteiger partial charge in [-0.2, -0.15) is 8.75 Å². The lowest BCUT2D eigenvalue weighted by molar-refractivity contribution is 0.949. The Kier molecular flexibility index (Phi) is 1.98. The number of aromatic nitrogens is 2. The highest BCUT2D eigenvalue weighted by atomic mass is 32.1. The Balaban J connectivity index is 2.17. The van der Waals surface area contributed by atoms with E-state index in [9.17, 15) is 0 Å². The molecule has 0 unspecified atom stereocenters. The van der Waals surface area contributed by atoms with Crippen LogP contribution in [0.4, 0.5) is 11.4 Å². The highest BCUT2D eigenvalue weighted by molar-refractivity contribution is 7.00. The first kappa shape index (κ1) is 8.91. The fourth-order valence-corrected chi connectivity index (χ4v) is 2.66. The van der Waals surface area contributed by atoms with Crippen molar-refractivity contribution < 1.29 is 0 Å². The third-order valence-electron chi connectivity index (χ3n) is 2.87. The predicted molar refractivity (Wildman–Crippen MR) is 63.3 cm³/mol. The number of nitrogens with two attached hydrogens (primary N) is 1.